The molecule has 24 heavy (non-hydrogen) atoms. The van der Waals surface area contributed by atoms with E-state index in [0.717, 1.165) is 35.8 Å². The third-order valence-electron chi connectivity index (χ3n) is 3.79. The molecule has 1 N–H and O–H groups in total. The minimum Gasteiger partial charge on any atom is -0.483 e. The van der Waals surface area contributed by atoms with E-state index in [1.54, 1.807) is 0 Å². The average Bonchev–Trinajstić information content (AvgIpc) is 3.24. The second-order valence-corrected chi connectivity index (χ2v) is 6.99. The van der Waals surface area contributed by atoms with Crippen molar-refractivity contribution in [3.8, 4) is 5.75 Å². The van der Waals surface area contributed by atoms with Gasteiger partial charge in [0.05, 0.1) is 0 Å². The lowest BCUT2D eigenvalue weighted by Gasteiger charge is -2.13. The number of hydrogen-bond donors (Lipinski definition) is 1. The van der Waals surface area contributed by atoms with Crippen molar-refractivity contribution in [1.82, 2.24) is 10.2 Å². The highest BCUT2D eigenvalue weighted by Gasteiger charge is 2.22. The van der Waals surface area contributed by atoms with Gasteiger partial charge in [0.15, 0.2) is 6.61 Å². The first kappa shape index (κ1) is 16.9. The maximum atomic E-state index is 12.1. The Morgan fingerprint density at radius 3 is 3.00 bits per heavy atom. The molecule has 1 unspecified atom stereocenters. The first-order valence-corrected chi connectivity index (χ1v) is 8.91. The molecule has 0 bridgehead atoms. The first-order chi connectivity index (χ1) is 11.6. The molecule has 0 saturated carbocycles. The molecule has 1 aliphatic rings. The third-order valence-corrected chi connectivity index (χ3v) is 4.72. The van der Waals surface area contributed by atoms with E-state index in [4.69, 9.17) is 9.47 Å². The van der Waals surface area contributed by atoms with Gasteiger partial charge in [0, 0.05) is 6.61 Å². The molecular formula is C17H21N3O3S. The third kappa shape index (κ3) is 4.10. The number of carbonyl (C=O) groups is 1. The van der Waals surface area contributed by atoms with Gasteiger partial charge in [-0.05, 0) is 30.4 Å². The molecular weight excluding hydrogens is 326 g/mol. The predicted octanol–water partition coefficient (Wildman–Crippen LogP) is 3.53. The fraction of sp³-hybridized carbons (Fsp3) is 0.471. The Morgan fingerprint density at radius 1 is 1.42 bits per heavy atom. The fourth-order valence-corrected chi connectivity index (χ4v) is 3.42. The number of nitrogens with zero attached hydrogens (tertiary/aromatic N) is 2. The fourth-order valence-electron chi connectivity index (χ4n) is 2.58. The van der Waals surface area contributed by atoms with Crippen molar-refractivity contribution in [2.24, 2.45) is 0 Å². The van der Waals surface area contributed by atoms with E-state index in [9.17, 15) is 4.79 Å². The second kappa shape index (κ2) is 7.72. The normalized spacial score (nSPS) is 17.2. The lowest BCUT2D eigenvalue weighted by molar-refractivity contribution is -0.118. The van der Waals surface area contributed by atoms with Crippen LogP contribution in [0.4, 0.5) is 5.13 Å². The van der Waals surface area contributed by atoms with Crippen LogP contribution in [0.15, 0.2) is 24.3 Å². The van der Waals surface area contributed by atoms with Crippen LogP contribution in [0.2, 0.25) is 0 Å². The molecule has 3 rings (SSSR count). The van der Waals surface area contributed by atoms with Crippen molar-refractivity contribution >= 4 is 22.4 Å². The van der Waals surface area contributed by atoms with E-state index >= 15 is 0 Å². The van der Waals surface area contributed by atoms with Crippen molar-refractivity contribution in [1.29, 1.82) is 0 Å². The van der Waals surface area contributed by atoms with Crippen LogP contribution in [0, 0.1) is 0 Å². The molecule has 1 aromatic carbocycles. The standard InChI is InChI=1S/C17H21N3O3S/c1-11(2)12-6-3-4-7-13(12)23-10-15(21)18-17-20-19-16(24-17)14-8-5-9-22-14/h3-4,6-7,11,14H,5,8-10H2,1-2H3,(H,18,20,21). The molecule has 1 saturated heterocycles. The number of aromatic nitrogens is 2. The van der Waals surface area contributed by atoms with Gasteiger partial charge in [0.1, 0.15) is 16.9 Å². The van der Waals surface area contributed by atoms with E-state index in [1.807, 2.05) is 24.3 Å². The molecule has 1 atom stereocenters. The Morgan fingerprint density at radius 2 is 2.25 bits per heavy atom. The molecule has 1 aromatic heterocycles. The Bertz CT molecular complexity index is 696. The van der Waals surface area contributed by atoms with E-state index < -0.39 is 0 Å². The number of hydrogen-bond acceptors (Lipinski definition) is 6. The van der Waals surface area contributed by atoms with Crippen LogP contribution in [-0.4, -0.2) is 29.3 Å². The molecule has 1 amide bonds. The minimum absolute atomic E-state index is 0.0160. The summed E-state index contributed by atoms with van der Waals surface area (Å²) in [6, 6.07) is 7.76. The molecule has 6 nitrogen and oxygen atoms in total. The average molecular weight is 347 g/mol. The lowest BCUT2D eigenvalue weighted by atomic mass is 10.0. The maximum absolute atomic E-state index is 12.1. The Kier molecular flexibility index (Phi) is 5.42. The quantitative estimate of drug-likeness (QED) is 0.865. The molecule has 128 valence electrons. The van der Waals surface area contributed by atoms with Gasteiger partial charge in [0.25, 0.3) is 5.91 Å². The summed E-state index contributed by atoms with van der Waals surface area (Å²) < 4.78 is 11.2. The number of amides is 1. The summed E-state index contributed by atoms with van der Waals surface area (Å²) in [6.07, 6.45) is 2.01. The van der Waals surface area contributed by atoms with Crippen LogP contribution in [0.3, 0.4) is 0 Å². The van der Waals surface area contributed by atoms with Crippen LogP contribution in [-0.2, 0) is 9.53 Å². The summed E-state index contributed by atoms with van der Waals surface area (Å²) in [7, 11) is 0. The molecule has 1 aliphatic heterocycles. The van der Waals surface area contributed by atoms with Crippen molar-refractivity contribution in [2.45, 2.75) is 38.7 Å². The smallest absolute Gasteiger partial charge is 0.264 e. The van der Waals surface area contributed by atoms with Gasteiger partial charge in [-0.2, -0.15) is 0 Å². The summed E-state index contributed by atoms with van der Waals surface area (Å²) in [6.45, 7) is 4.89. The van der Waals surface area contributed by atoms with Gasteiger partial charge < -0.3 is 9.47 Å². The van der Waals surface area contributed by atoms with Gasteiger partial charge >= 0.3 is 0 Å². The lowest BCUT2D eigenvalue weighted by Crippen LogP contribution is -2.20. The molecule has 1 fully saturated rings. The highest BCUT2D eigenvalue weighted by molar-refractivity contribution is 7.15. The number of rotatable bonds is 6. The monoisotopic (exact) mass is 347 g/mol. The molecule has 2 heterocycles. The molecule has 7 heteroatoms. The zero-order chi connectivity index (χ0) is 16.9. The summed E-state index contributed by atoms with van der Waals surface area (Å²) in [5.74, 6) is 0.824. The zero-order valence-electron chi connectivity index (χ0n) is 13.8. The van der Waals surface area contributed by atoms with Gasteiger partial charge in [-0.1, -0.05) is 43.4 Å². The number of ether oxygens (including phenoxy) is 2. The zero-order valence-corrected chi connectivity index (χ0v) is 14.6. The van der Waals surface area contributed by atoms with Crippen LogP contribution < -0.4 is 10.1 Å². The van der Waals surface area contributed by atoms with Gasteiger partial charge in [0.2, 0.25) is 5.13 Å². The number of para-hydroxylation sites is 1. The predicted molar refractivity (Wildman–Crippen MR) is 92.5 cm³/mol. The van der Waals surface area contributed by atoms with E-state index in [0.29, 0.717) is 11.0 Å². The first-order valence-electron chi connectivity index (χ1n) is 8.10. The maximum Gasteiger partial charge on any atom is 0.264 e. The Balaban J connectivity index is 1.54. The van der Waals surface area contributed by atoms with Crippen molar-refractivity contribution in [3.63, 3.8) is 0 Å². The summed E-state index contributed by atoms with van der Waals surface area (Å²) in [5, 5.41) is 12.1. The number of nitrogens with one attached hydrogen (secondary N) is 1. The van der Waals surface area contributed by atoms with E-state index in [2.05, 4.69) is 29.4 Å². The highest BCUT2D eigenvalue weighted by Crippen LogP contribution is 2.32. The topological polar surface area (TPSA) is 73.3 Å². The summed E-state index contributed by atoms with van der Waals surface area (Å²) in [4.78, 5) is 12.1. The van der Waals surface area contributed by atoms with E-state index in [-0.39, 0.29) is 18.6 Å². The SMILES string of the molecule is CC(C)c1ccccc1OCC(=O)Nc1nnc(C2CCCO2)s1. The summed E-state index contributed by atoms with van der Waals surface area (Å²) in [5.41, 5.74) is 1.09. The van der Waals surface area contributed by atoms with Gasteiger partial charge in [-0.25, -0.2) is 0 Å². The number of benzene rings is 1. The second-order valence-electron chi connectivity index (χ2n) is 5.98. The minimum atomic E-state index is -0.247. The largest absolute Gasteiger partial charge is 0.483 e. The van der Waals surface area contributed by atoms with Crippen LogP contribution in [0.5, 0.6) is 5.75 Å². The van der Waals surface area contributed by atoms with Crippen molar-refractivity contribution in [2.75, 3.05) is 18.5 Å². The molecule has 0 aliphatic carbocycles. The Labute approximate surface area is 145 Å². The van der Waals surface area contributed by atoms with Gasteiger partial charge in [-0.3, -0.25) is 10.1 Å². The number of carbonyl (C=O) groups excluding carboxylic acids is 1. The highest BCUT2D eigenvalue weighted by atomic mass is 32.1. The number of anilines is 1. The van der Waals surface area contributed by atoms with Crippen molar-refractivity contribution in [3.05, 3.63) is 34.8 Å². The van der Waals surface area contributed by atoms with Gasteiger partial charge in [-0.15, -0.1) is 10.2 Å². The van der Waals surface area contributed by atoms with Crippen LogP contribution in [0.25, 0.3) is 0 Å². The Hall–Kier alpha value is -1.99. The molecule has 2 aromatic rings. The molecule has 0 radical (unpaired) electrons. The van der Waals surface area contributed by atoms with Crippen LogP contribution >= 0.6 is 11.3 Å². The summed E-state index contributed by atoms with van der Waals surface area (Å²) >= 11 is 1.35. The van der Waals surface area contributed by atoms with Crippen molar-refractivity contribution < 1.29 is 14.3 Å². The van der Waals surface area contributed by atoms with Crippen LogP contribution in [0.1, 0.15) is 49.3 Å². The van der Waals surface area contributed by atoms with E-state index in [1.165, 1.54) is 11.3 Å². The molecule has 0 spiro atoms.